The summed E-state index contributed by atoms with van der Waals surface area (Å²) in [5.74, 6) is 0.867. The number of fused-ring (bicyclic) bond motifs is 1. The fraction of sp³-hybridized carbons (Fsp3) is 0.294. The van der Waals surface area contributed by atoms with Gasteiger partial charge in [-0.2, -0.15) is 13.2 Å². The fourth-order valence-corrected chi connectivity index (χ4v) is 2.62. The Morgan fingerprint density at radius 3 is 2.54 bits per heavy atom. The number of aryl methyl sites for hydroxylation is 2. The monoisotopic (exact) mass is 382 g/mol. The molecule has 5 nitrogen and oxygen atoms in total. The third-order valence-corrected chi connectivity index (χ3v) is 3.74. The summed E-state index contributed by atoms with van der Waals surface area (Å²) in [5, 5.41) is 0.917. The van der Waals surface area contributed by atoms with Crippen molar-refractivity contribution in [3.8, 4) is 11.8 Å². The smallest absolute Gasteiger partial charge is 0.389 e. The van der Waals surface area contributed by atoms with E-state index in [1.165, 1.54) is 12.4 Å². The van der Waals surface area contributed by atoms with E-state index in [0.717, 1.165) is 0 Å². The molecule has 2 heterocycles. The van der Waals surface area contributed by atoms with Gasteiger partial charge in [0.05, 0.1) is 34.0 Å². The Hall–Kier alpha value is -2.48. The van der Waals surface area contributed by atoms with Crippen molar-refractivity contribution in [2.45, 2.75) is 32.4 Å². The Morgan fingerprint density at radius 2 is 1.85 bits per heavy atom. The molecular formula is C17H14ClF3N4O. The van der Waals surface area contributed by atoms with Crippen LogP contribution in [-0.4, -0.2) is 26.1 Å². The number of rotatable bonds is 5. The molecule has 1 aromatic carbocycles. The van der Waals surface area contributed by atoms with Gasteiger partial charge in [0, 0.05) is 6.42 Å². The van der Waals surface area contributed by atoms with Gasteiger partial charge < -0.3 is 4.74 Å². The van der Waals surface area contributed by atoms with Crippen molar-refractivity contribution < 1.29 is 17.9 Å². The van der Waals surface area contributed by atoms with Crippen LogP contribution < -0.4 is 4.74 Å². The third-order valence-electron chi connectivity index (χ3n) is 3.54. The first-order valence-electron chi connectivity index (χ1n) is 7.80. The number of hydrogen-bond donors (Lipinski definition) is 0. The van der Waals surface area contributed by atoms with Gasteiger partial charge in [0.2, 0.25) is 0 Å². The lowest BCUT2D eigenvalue weighted by Gasteiger charge is -2.12. The Labute approximate surface area is 152 Å². The summed E-state index contributed by atoms with van der Waals surface area (Å²) in [4.78, 5) is 16.6. The maximum Gasteiger partial charge on any atom is 0.389 e. The van der Waals surface area contributed by atoms with E-state index < -0.39 is 12.6 Å². The third kappa shape index (κ3) is 4.57. The van der Waals surface area contributed by atoms with Crippen molar-refractivity contribution in [2.75, 3.05) is 0 Å². The molecule has 3 aromatic rings. The molecule has 0 atom stereocenters. The van der Waals surface area contributed by atoms with Gasteiger partial charge in [-0.05, 0) is 31.9 Å². The largest absolute Gasteiger partial charge is 0.424 e. The predicted octanol–water partition coefficient (Wildman–Crippen LogP) is 5.06. The second-order valence-corrected chi connectivity index (χ2v) is 6.06. The van der Waals surface area contributed by atoms with E-state index in [2.05, 4.69) is 19.9 Å². The number of nitrogens with zero attached hydrogens (tertiary/aromatic N) is 4. The molecule has 0 saturated heterocycles. The first-order chi connectivity index (χ1) is 12.3. The first-order valence-corrected chi connectivity index (χ1v) is 8.18. The summed E-state index contributed by atoms with van der Waals surface area (Å²) in [5.41, 5.74) is 1.09. The maximum atomic E-state index is 12.5. The molecule has 9 heteroatoms. The molecule has 0 aliphatic carbocycles. The van der Waals surface area contributed by atoms with Crippen molar-refractivity contribution in [3.05, 3.63) is 47.1 Å². The predicted molar refractivity (Wildman–Crippen MR) is 90.4 cm³/mol. The SMILES string of the molecule is Cc1nc(CCCC(F)(F)F)c2c(Oc3ncc(Cl)cn3)cccc2n1. The minimum Gasteiger partial charge on any atom is -0.424 e. The van der Waals surface area contributed by atoms with E-state index in [1.807, 2.05) is 0 Å². The topological polar surface area (TPSA) is 60.8 Å². The number of benzene rings is 1. The lowest BCUT2D eigenvalue weighted by Crippen LogP contribution is -2.08. The van der Waals surface area contributed by atoms with Crippen LogP contribution >= 0.6 is 11.6 Å². The molecule has 0 N–H and O–H groups in total. The normalized spacial score (nSPS) is 11.7. The molecule has 0 aliphatic rings. The van der Waals surface area contributed by atoms with E-state index >= 15 is 0 Å². The number of hydrogen-bond acceptors (Lipinski definition) is 5. The maximum absolute atomic E-state index is 12.5. The zero-order valence-electron chi connectivity index (χ0n) is 13.7. The van der Waals surface area contributed by atoms with Crippen LogP contribution in [0.25, 0.3) is 10.9 Å². The minimum absolute atomic E-state index is 0.0686. The molecule has 26 heavy (non-hydrogen) atoms. The molecule has 0 fully saturated rings. The van der Waals surface area contributed by atoms with Crippen LogP contribution in [0.4, 0.5) is 13.2 Å². The lowest BCUT2D eigenvalue weighted by atomic mass is 10.1. The molecule has 136 valence electrons. The highest BCUT2D eigenvalue weighted by molar-refractivity contribution is 6.30. The van der Waals surface area contributed by atoms with Crippen LogP contribution in [0, 0.1) is 6.92 Å². The van der Waals surface area contributed by atoms with E-state index in [-0.39, 0.29) is 18.9 Å². The lowest BCUT2D eigenvalue weighted by molar-refractivity contribution is -0.135. The van der Waals surface area contributed by atoms with Gasteiger partial charge in [-0.15, -0.1) is 0 Å². The minimum atomic E-state index is -4.20. The Kier molecular flexibility index (Phi) is 5.22. The highest BCUT2D eigenvalue weighted by atomic mass is 35.5. The summed E-state index contributed by atoms with van der Waals surface area (Å²) < 4.78 is 43.1. The average Bonchev–Trinajstić information content (AvgIpc) is 2.55. The number of halogens is 4. The van der Waals surface area contributed by atoms with Crippen molar-refractivity contribution in [2.24, 2.45) is 0 Å². The quantitative estimate of drug-likeness (QED) is 0.617. The van der Waals surface area contributed by atoms with Gasteiger partial charge >= 0.3 is 12.2 Å². The van der Waals surface area contributed by atoms with E-state index in [4.69, 9.17) is 16.3 Å². The molecule has 0 aliphatic heterocycles. The molecule has 0 radical (unpaired) electrons. The summed E-state index contributed by atoms with van der Waals surface area (Å²) >= 11 is 5.75. The number of aromatic nitrogens is 4. The van der Waals surface area contributed by atoms with Crippen molar-refractivity contribution in [1.29, 1.82) is 0 Å². The molecular weight excluding hydrogens is 369 g/mol. The van der Waals surface area contributed by atoms with Crippen LogP contribution in [0.3, 0.4) is 0 Å². The second-order valence-electron chi connectivity index (χ2n) is 5.62. The van der Waals surface area contributed by atoms with Crippen LogP contribution in [0.5, 0.6) is 11.8 Å². The molecule has 3 rings (SSSR count). The fourth-order valence-electron chi connectivity index (χ4n) is 2.53. The zero-order chi connectivity index (χ0) is 18.7. The Balaban J connectivity index is 1.96. The van der Waals surface area contributed by atoms with E-state index in [1.54, 1.807) is 25.1 Å². The summed E-state index contributed by atoms with van der Waals surface area (Å²) in [6.07, 6.45) is -2.21. The molecule has 0 amide bonds. The average molecular weight is 383 g/mol. The highest BCUT2D eigenvalue weighted by Gasteiger charge is 2.26. The van der Waals surface area contributed by atoms with E-state index in [0.29, 0.717) is 33.2 Å². The van der Waals surface area contributed by atoms with Crippen LogP contribution in [-0.2, 0) is 6.42 Å². The molecule has 0 unspecified atom stereocenters. The van der Waals surface area contributed by atoms with E-state index in [9.17, 15) is 13.2 Å². The molecule has 2 aromatic heterocycles. The van der Waals surface area contributed by atoms with Crippen LogP contribution in [0.15, 0.2) is 30.6 Å². The van der Waals surface area contributed by atoms with Gasteiger partial charge in [0.15, 0.2) is 0 Å². The standard InChI is InChI=1S/C17H14ClF3N4O/c1-10-24-12-4-2-6-14(26-16-22-8-11(18)9-23-16)15(12)13(25-10)5-3-7-17(19,20)21/h2,4,6,8-9H,3,5,7H2,1H3. The Bertz CT molecular complexity index is 916. The zero-order valence-corrected chi connectivity index (χ0v) is 14.5. The first kappa shape index (κ1) is 18.3. The van der Waals surface area contributed by atoms with Crippen LogP contribution in [0.2, 0.25) is 5.02 Å². The van der Waals surface area contributed by atoms with Gasteiger partial charge in [0.1, 0.15) is 11.6 Å². The van der Waals surface area contributed by atoms with Crippen molar-refractivity contribution in [3.63, 3.8) is 0 Å². The second kappa shape index (κ2) is 7.41. The number of ether oxygens (including phenoxy) is 1. The van der Waals surface area contributed by atoms with Gasteiger partial charge in [-0.1, -0.05) is 17.7 Å². The Morgan fingerprint density at radius 1 is 1.12 bits per heavy atom. The molecule has 0 bridgehead atoms. The van der Waals surface area contributed by atoms with Crippen molar-refractivity contribution in [1.82, 2.24) is 19.9 Å². The molecule has 0 saturated carbocycles. The summed E-state index contributed by atoms with van der Waals surface area (Å²) in [6.45, 7) is 1.70. The highest BCUT2D eigenvalue weighted by Crippen LogP contribution is 2.31. The summed E-state index contributed by atoms with van der Waals surface area (Å²) in [6, 6.07) is 5.24. The summed E-state index contributed by atoms with van der Waals surface area (Å²) in [7, 11) is 0. The number of alkyl halides is 3. The van der Waals surface area contributed by atoms with Gasteiger partial charge in [-0.3, -0.25) is 0 Å². The van der Waals surface area contributed by atoms with Gasteiger partial charge in [0.25, 0.3) is 0 Å². The van der Waals surface area contributed by atoms with Crippen LogP contribution in [0.1, 0.15) is 24.4 Å². The molecule has 0 spiro atoms. The van der Waals surface area contributed by atoms with Crippen molar-refractivity contribution >= 4 is 22.5 Å². The van der Waals surface area contributed by atoms with Gasteiger partial charge in [-0.25, -0.2) is 19.9 Å².